The van der Waals surface area contributed by atoms with Crippen LogP contribution in [0.3, 0.4) is 0 Å². The lowest BCUT2D eigenvalue weighted by Crippen LogP contribution is -2.15. The van der Waals surface area contributed by atoms with Crippen molar-refractivity contribution in [3.8, 4) is 17.0 Å². The second-order valence-electron chi connectivity index (χ2n) is 6.61. The number of halogens is 4. The molecule has 6 nitrogen and oxygen atoms in total. The standard InChI is InChI=1S/C21H13BrF3N3O3S/c1-31-21-18(28-32(29,30)19-5-3-13(23)8-15(19)24)7-12(9-27-21)11-2-4-17-14(6-11)20(22)16(25)10-26-17/h2-10,28H,1H3. The summed E-state index contributed by atoms with van der Waals surface area (Å²) >= 11 is 3.20. The number of hydrogen-bond acceptors (Lipinski definition) is 5. The van der Waals surface area contributed by atoms with Crippen LogP contribution in [-0.4, -0.2) is 25.5 Å². The summed E-state index contributed by atoms with van der Waals surface area (Å²) in [6.07, 6.45) is 2.54. The van der Waals surface area contributed by atoms with Gasteiger partial charge < -0.3 is 4.74 Å². The van der Waals surface area contributed by atoms with Crippen molar-refractivity contribution in [3.63, 3.8) is 0 Å². The minimum Gasteiger partial charge on any atom is -0.480 e. The molecule has 0 aliphatic rings. The topological polar surface area (TPSA) is 81.2 Å². The summed E-state index contributed by atoms with van der Waals surface area (Å²) < 4.78 is 74.1. The summed E-state index contributed by atoms with van der Waals surface area (Å²) in [5.74, 6) is -2.74. The molecular formula is C21H13BrF3N3O3S. The molecule has 0 aliphatic carbocycles. The molecule has 1 N–H and O–H groups in total. The molecule has 2 heterocycles. The second-order valence-corrected chi connectivity index (χ2v) is 9.06. The van der Waals surface area contributed by atoms with E-state index in [-0.39, 0.29) is 16.0 Å². The molecule has 32 heavy (non-hydrogen) atoms. The molecule has 0 bridgehead atoms. The number of benzene rings is 2. The van der Waals surface area contributed by atoms with Gasteiger partial charge in [0.25, 0.3) is 10.0 Å². The van der Waals surface area contributed by atoms with E-state index in [1.807, 2.05) is 0 Å². The molecule has 0 amide bonds. The normalized spacial score (nSPS) is 11.5. The summed E-state index contributed by atoms with van der Waals surface area (Å²) in [5.41, 5.74) is 1.55. The number of hydrogen-bond donors (Lipinski definition) is 1. The average molecular weight is 524 g/mol. The Hall–Kier alpha value is -3.18. The van der Waals surface area contributed by atoms with Crippen molar-refractivity contribution in [2.45, 2.75) is 4.90 Å². The van der Waals surface area contributed by atoms with Gasteiger partial charge in [-0.05, 0) is 51.8 Å². The zero-order valence-electron chi connectivity index (χ0n) is 16.2. The highest BCUT2D eigenvalue weighted by Crippen LogP contribution is 2.33. The molecule has 0 aliphatic heterocycles. The Labute approximate surface area is 189 Å². The van der Waals surface area contributed by atoms with Crippen LogP contribution in [0.15, 0.2) is 64.2 Å². The SMILES string of the molecule is COc1ncc(-c2ccc3ncc(F)c(Br)c3c2)cc1NS(=O)(=O)c1ccc(F)cc1F. The third-order valence-corrected chi connectivity index (χ3v) is 6.77. The fourth-order valence-electron chi connectivity index (χ4n) is 3.05. The van der Waals surface area contributed by atoms with Crippen molar-refractivity contribution >= 4 is 42.5 Å². The lowest BCUT2D eigenvalue weighted by Gasteiger charge is -2.13. The first kappa shape index (κ1) is 22.0. The van der Waals surface area contributed by atoms with Crippen LogP contribution in [-0.2, 0) is 10.0 Å². The highest BCUT2D eigenvalue weighted by atomic mass is 79.9. The van der Waals surface area contributed by atoms with E-state index >= 15 is 0 Å². The van der Waals surface area contributed by atoms with Gasteiger partial charge in [-0.15, -0.1) is 0 Å². The number of fused-ring (bicyclic) bond motifs is 1. The van der Waals surface area contributed by atoms with Gasteiger partial charge in [0.05, 0.1) is 23.3 Å². The fraction of sp³-hybridized carbons (Fsp3) is 0.0476. The monoisotopic (exact) mass is 523 g/mol. The van der Waals surface area contributed by atoms with Gasteiger partial charge in [0.15, 0.2) is 5.82 Å². The van der Waals surface area contributed by atoms with Crippen molar-refractivity contribution in [3.05, 3.63) is 76.8 Å². The Kier molecular flexibility index (Phi) is 5.78. The maximum atomic E-state index is 14.0. The molecule has 0 unspecified atom stereocenters. The molecule has 0 saturated carbocycles. The Balaban J connectivity index is 1.78. The molecule has 2 aromatic carbocycles. The van der Waals surface area contributed by atoms with E-state index in [9.17, 15) is 21.6 Å². The minimum absolute atomic E-state index is 0.0606. The number of methoxy groups -OCH3 is 1. The predicted molar refractivity (Wildman–Crippen MR) is 116 cm³/mol. The second kappa shape index (κ2) is 8.40. The quantitative estimate of drug-likeness (QED) is 0.384. The van der Waals surface area contributed by atoms with Crippen molar-refractivity contribution in [1.29, 1.82) is 0 Å². The third-order valence-electron chi connectivity index (χ3n) is 4.57. The molecule has 4 aromatic rings. The van der Waals surface area contributed by atoms with Crippen molar-refractivity contribution in [1.82, 2.24) is 9.97 Å². The molecule has 0 saturated heterocycles. The van der Waals surface area contributed by atoms with Gasteiger partial charge in [0.1, 0.15) is 22.2 Å². The number of nitrogens with zero attached hydrogens (tertiary/aromatic N) is 2. The van der Waals surface area contributed by atoms with E-state index in [4.69, 9.17) is 4.74 Å². The number of ether oxygens (including phenoxy) is 1. The van der Waals surface area contributed by atoms with Crippen LogP contribution in [0.2, 0.25) is 0 Å². The number of rotatable bonds is 5. The fourth-order valence-corrected chi connectivity index (χ4v) is 4.58. The summed E-state index contributed by atoms with van der Waals surface area (Å²) in [6.45, 7) is 0. The molecule has 11 heteroatoms. The van der Waals surface area contributed by atoms with E-state index in [0.717, 1.165) is 18.3 Å². The van der Waals surface area contributed by atoms with Gasteiger partial charge in [-0.25, -0.2) is 26.6 Å². The number of pyridine rings is 2. The number of sulfonamides is 1. The molecule has 2 aromatic heterocycles. The largest absolute Gasteiger partial charge is 0.480 e. The van der Waals surface area contributed by atoms with E-state index < -0.39 is 32.4 Å². The van der Waals surface area contributed by atoms with Crippen LogP contribution in [0.1, 0.15) is 0 Å². The molecule has 0 atom stereocenters. The van der Waals surface area contributed by atoms with Crippen LogP contribution in [0.25, 0.3) is 22.0 Å². The Morgan fingerprint density at radius 1 is 0.938 bits per heavy atom. The van der Waals surface area contributed by atoms with E-state index in [1.54, 1.807) is 18.2 Å². The Morgan fingerprint density at radius 2 is 1.72 bits per heavy atom. The highest BCUT2D eigenvalue weighted by Gasteiger charge is 2.22. The Morgan fingerprint density at radius 3 is 2.44 bits per heavy atom. The Bertz CT molecular complexity index is 1470. The molecule has 0 radical (unpaired) electrons. The molecular weight excluding hydrogens is 511 g/mol. The zero-order valence-corrected chi connectivity index (χ0v) is 18.6. The third kappa shape index (κ3) is 4.13. The van der Waals surface area contributed by atoms with Gasteiger partial charge in [-0.3, -0.25) is 9.71 Å². The summed E-state index contributed by atoms with van der Waals surface area (Å²) in [6, 6.07) is 8.62. The predicted octanol–water partition coefficient (Wildman–Crippen LogP) is 5.29. The molecule has 164 valence electrons. The van der Waals surface area contributed by atoms with Gasteiger partial charge >= 0.3 is 0 Å². The highest BCUT2D eigenvalue weighted by molar-refractivity contribution is 9.10. The van der Waals surface area contributed by atoms with Crippen molar-refractivity contribution in [2.75, 3.05) is 11.8 Å². The van der Waals surface area contributed by atoms with Crippen molar-refractivity contribution < 1.29 is 26.3 Å². The van der Waals surface area contributed by atoms with Crippen LogP contribution in [0.5, 0.6) is 5.88 Å². The van der Waals surface area contributed by atoms with Crippen LogP contribution in [0.4, 0.5) is 18.9 Å². The first-order valence-electron chi connectivity index (χ1n) is 8.95. The van der Waals surface area contributed by atoms with E-state index in [1.165, 1.54) is 19.4 Å². The smallest absolute Gasteiger partial charge is 0.264 e. The van der Waals surface area contributed by atoms with Gasteiger partial charge in [-0.2, -0.15) is 0 Å². The van der Waals surface area contributed by atoms with Crippen LogP contribution < -0.4 is 9.46 Å². The summed E-state index contributed by atoms with van der Waals surface area (Å²) in [4.78, 5) is 7.39. The zero-order chi connectivity index (χ0) is 23.0. The van der Waals surface area contributed by atoms with Crippen molar-refractivity contribution in [2.24, 2.45) is 0 Å². The number of aromatic nitrogens is 2. The van der Waals surface area contributed by atoms with E-state index in [2.05, 4.69) is 30.6 Å². The average Bonchev–Trinajstić information content (AvgIpc) is 2.75. The molecule has 4 rings (SSSR count). The molecule has 0 fully saturated rings. The van der Waals surface area contributed by atoms with Gasteiger partial charge in [0, 0.05) is 23.2 Å². The van der Waals surface area contributed by atoms with Gasteiger partial charge in [-0.1, -0.05) is 6.07 Å². The number of nitrogens with one attached hydrogen (secondary N) is 1. The maximum Gasteiger partial charge on any atom is 0.264 e. The lowest BCUT2D eigenvalue weighted by molar-refractivity contribution is 0.400. The van der Waals surface area contributed by atoms with E-state index in [0.29, 0.717) is 28.1 Å². The summed E-state index contributed by atoms with van der Waals surface area (Å²) in [5, 5.41) is 0.508. The first-order chi connectivity index (χ1) is 15.2. The lowest BCUT2D eigenvalue weighted by atomic mass is 10.0. The summed E-state index contributed by atoms with van der Waals surface area (Å²) in [7, 11) is -3.13. The first-order valence-corrected chi connectivity index (χ1v) is 11.2. The van der Waals surface area contributed by atoms with Crippen LogP contribution >= 0.6 is 15.9 Å². The number of anilines is 1. The maximum absolute atomic E-state index is 14.0. The van der Waals surface area contributed by atoms with Gasteiger partial charge in [0.2, 0.25) is 5.88 Å². The minimum atomic E-state index is -4.42. The molecule has 0 spiro atoms. The van der Waals surface area contributed by atoms with Crippen LogP contribution in [0, 0.1) is 17.5 Å².